The molecule has 0 radical (unpaired) electrons. The van der Waals surface area contributed by atoms with Gasteiger partial charge in [0.25, 0.3) is 0 Å². The lowest BCUT2D eigenvalue weighted by Crippen LogP contribution is -2.53. The molecule has 1 aliphatic heterocycles. The van der Waals surface area contributed by atoms with E-state index in [2.05, 4.69) is 20.2 Å². The Balaban J connectivity index is 1.48. The number of aromatic nitrogens is 2. The number of amides is 1. The van der Waals surface area contributed by atoms with Crippen molar-refractivity contribution in [3.05, 3.63) is 48.0 Å². The van der Waals surface area contributed by atoms with Gasteiger partial charge in [0.15, 0.2) is 0 Å². The molecule has 2 aromatic rings. The molecular weight excluding hydrogens is 321 g/mol. The Labute approximate surface area is 147 Å². The second kappa shape index (κ2) is 7.65. The summed E-state index contributed by atoms with van der Waals surface area (Å²) in [5.74, 6) is -0.194. The number of halogens is 1. The molecule has 0 saturated carbocycles. The van der Waals surface area contributed by atoms with Crippen molar-refractivity contribution in [2.24, 2.45) is 7.05 Å². The second-order valence-corrected chi connectivity index (χ2v) is 6.42. The summed E-state index contributed by atoms with van der Waals surface area (Å²) in [6.07, 6.45) is 3.65. The highest BCUT2D eigenvalue weighted by Gasteiger charge is 2.25. The van der Waals surface area contributed by atoms with E-state index in [1.165, 1.54) is 12.1 Å². The van der Waals surface area contributed by atoms with Gasteiger partial charge in [0.1, 0.15) is 5.82 Å². The van der Waals surface area contributed by atoms with Crippen LogP contribution in [0.25, 0.3) is 0 Å². The zero-order chi connectivity index (χ0) is 17.8. The summed E-state index contributed by atoms with van der Waals surface area (Å²) in [5, 5.41) is 7.07. The first-order valence-electron chi connectivity index (χ1n) is 8.53. The molecule has 134 valence electrons. The predicted molar refractivity (Wildman–Crippen MR) is 94.7 cm³/mol. The van der Waals surface area contributed by atoms with Gasteiger partial charge in [-0.2, -0.15) is 5.10 Å². The summed E-state index contributed by atoms with van der Waals surface area (Å²) in [5.41, 5.74) is 2.01. The molecular formula is C18H24FN5O. The lowest BCUT2D eigenvalue weighted by molar-refractivity contribution is -0.126. The monoisotopic (exact) mass is 345 g/mol. The van der Waals surface area contributed by atoms with Gasteiger partial charge in [0, 0.05) is 57.2 Å². The largest absolute Gasteiger partial charge is 0.369 e. The lowest BCUT2D eigenvalue weighted by atomic mass is 10.2. The summed E-state index contributed by atoms with van der Waals surface area (Å²) in [6.45, 7) is 5.69. The van der Waals surface area contributed by atoms with Crippen molar-refractivity contribution in [2.45, 2.75) is 19.5 Å². The van der Waals surface area contributed by atoms with Gasteiger partial charge in [-0.1, -0.05) is 0 Å². The number of aryl methyl sites for hydroxylation is 1. The van der Waals surface area contributed by atoms with Crippen LogP contribution in [-0.2, 0) is 18.4 Å². The zero-order valence-corrected chi connectivity index (χ0v) is 14.7. The molecule has 1 unspecified atom stereocenters. The maximum atomic E-state index is 13.0. The average Bonchev–Trinajstić information content (AvgIpc) is 3.05. The van der Waals surface area contributed by atoms with Crippen LogP contribution in [-0.4, -0.2) is 52.8 Å². The molecule has 1 amide bonds. The molecule has 1 aromatic carbocycles. The summed E-state index contributed by atoms with van der Waals surface area (Å²) >= 11 is 0. The summed E-state index contributed by atoms with van der Waals surface area (Å²) in [7, 11) is 1.86. The maximum Gasteiger partial charge on any atom is 0.237 e. The third-order valence-corrected chi connectivity index (χ3v) is 4.66. The van der Waals surface area contributed by atoms with Gasteiger partial charge in [-0.05, 0) is 31.2 Å². The fourth-order valence-electron chi connectivity index (χ4n) is 3.09. The fourth-order valence-corrected chi connectivity index (χ4v) is 3.09. The molecule has 0 aliphatic carbocycles. The van der Waals surface area contributed by atoms with Crippen molar-refractivity contribution in [1.82, 2.24) is 20.0 Å². The third kappa shape index (κ3) is 4.36. The minimum absolute atomic E-state index is 0.0269. The third-order valence-electron chi connectivity index (χ3n) is 4.66. The SMILES string of the molecule is CC(C(=O)NCc1cnn(C)c1)N1CCN(c2ccc(F)cc2)CC1. The number of benzene rings is 1. The molecule has 2 heterocycles. The number of hydrogen-bond donors (Lipinski definition) is 1. The molecule has 1 fully saturated rings. The maximum absolute atomic E-state index is 13.0. The van der Waals surface area contributed by atoms with Crippen LogP contribution < -0.4 is 10.2 Å². The topological polar surface area (TPSA) is 53.4 Å². The fraction of sp³-hybridized carbons (Fsp3) is 0.444. The molecule has 0 spiro atoms. The van der Waals surface area contributed by atoms with Crippen molar-refractivity contribution in [3.8, 4) is 0 Å². The van der Waals surface area contributed by atoms with Gasteiger partial charge in [-0.15, -0.1) is 0 Å². The van der Waals surface area contributed by atoms with Crippen molar-refractivity contribution >= 4 is 11.6 Å². The van der Waals surface area contributed by atoms with E-state index in [1.807, 2.05) is 20.2 Å². The van der Waals surface area contributed by atoms with Gasteiger partial charge < -0.3 is 10.2 Å². The van der Waals surface area contributed by atoms with E-state index in [4.69, 9.17) is 0 Å². The highest BCUT2D eigenvalue weighted by Crippen LogP contribution is 2.17. The second-order valence-electron chi connectivity index (χ2n) is 6.42. The van der Waals surface area contributed by atoms with E-state index in [-0.39, 0.29) is 17.8 Å². The summed E-state index contributed by atoms with van der Waals surface area (Å²) in [4.78, 5) is 16.8. The summed E-state index contributed by atoms with van der Waals surface area (Å²) in [6, 6.07) is 6.39. The Hall–Kier alpha value is -2.41. The molecule has 25 heavy (non-hydrogen) atoms. The number of piperazine rings is 1. The Kier molecular flexibility index (Phi) is 5.33. The molecule has 1 aliphatic rings. The number of anilines is 1. The Bertz CT molecular complexity index is 707. The number of nitrogens with one attached hydrogen (secondary N) is 1. The van der Waals surface area contributed by atoms with Crippen LogP contribution in [0, 0.1) is 5.82 Å². The number of carbonyl (C=O) groups excluding carboxylic acids is 1. The number of carbonyl (C=O) groups is 1. The van der Waals surface area contributed by atoms with E-state index in [0.717, 1.165) is 37.4 Å². The van der Waals surface area contributed by atoms with E-state index in [0.29, 0.717) is 6.54 Å². The molecule has 6 nitrogen and oxygen atoms in total. The minimum atomic E-state index is -0.221. The van der Waals surface area contributed by atoms with Crippen molar-refractivity contribution in [3.63, 3.8) is 0 Å². The van der Waals surface area contributed by atoms with Crippen molar-refractivity contribution < 1.29 is 9.18 Å². The van der Waals surface area contributed by atoms with Crippen molar-refractivity contribution in [2.75, 3.05) is 31.1 Å². The minimum Gasteiger partial charge on any atom is -0.369 e. The average molecular weight is 345 g/mol. The van der Waals surface area contributed by atoms with Crippen LogP contribution >= 0.6 is 0 Å². The predicted octanol–water partition coefficient (Wildman–Crippen LogP) is 1.39. The number of nitrogens with zero attached hydrogens (tertiary/aromatic N) is 4. The van der Waals surface area contributed by atoms with Crippen LogP contribution in [0.1, 0.15) is 12.5 Å². The van der Waals surface area contributed by atoms with Gasteiger partial charge >= 0.3 is 0 Å². The molecule has 1 N–H and O–H groups in total. The Morgan fingerprint density at radius 1 is 1.24 bits per heavy atom. The van der Waals surface area contributed by atoms with Gasteiger partial charge in [-0.3, -0.25) is 14.4 Å². The molecule has 1 saturated heterocycles. The Morgan fingerprint density at radius 2 is 1.92 bits per heavy atom. The highest BCUT2D eigenvalue weighted by molar-refractivity contribution is 5.81. The first-order valence-corrected chi connectivity index (χ1v) is 8.53. The van der Waals surface area contributed by atoms with Crippen LogP contribution in [0.3, 0.4) is 0 Å². The molecule has 3 rings (SSSR count). The van der Waals surface area contributed by atoms with Gasteiger partial charge in [-0.25, -0.2) is 4.39 Å². The van der Waals surface area contributed by atoms with Crippen LogP contribution in [0.5, 0.6) is 0 Å². The number of hydrogen-bond acceptors (Lipinski definition) is 4. The van der Waals surface area contributed by atoms with E-state index >= 15 is 0 Å². The highest BCUT2D eigenvalue weighted by atomic mass is 19.1. The van der Waals surface area contributed by atoms with Crippen LogP contribution in [0.2, 0.25) is 0 Å². The smallest absolute Gasteiger partial charge is 0.237 e. The van der Waals surface area contributed by atoms with Gasteiger partial charge in [0.2, 0.25) is 5.91 Å². The summed E-state index contributed by atoms with van der Waals surface area (Å²) < 4.78 is 14.8. The molecule has 7 heteroatoms. The zero-order valence-electron chi connectivity index (χ0n) is 14.7. The normalized spacial score (nSPS) is 16.7. The van der Waals surface area contributed by atoms with Gasteiger partial charge in [0.05, 0.1) is 12.2 Å². The standard InChI is InChI=1S/C18H24FN5O/c1-14(18(25)20-11-15-12-21-22(2)13-15)23-7-9-24(10-8-23)17-5-3-16(19)4-6-17/h3-6,12-14H,7-11H2,1-2H3,(H,20,25). The first-order chi connectivity index (χ1) is 12.0. The number of rotatable bonds is 5. The van der Waals surface area contributed by atoms with E-state index < -0.39 is 0 Å². The Morgan fingerprint density at radius 3 is 2.52 bits per heavy atom. The van der Waals surface area contributed by atoms with Crippen molar-refractivity contribution in [1.29, 1.82) is 0 Å². The quantitative estimate of drug-likeness (QED) is 0.890. The lowest BCUT2D eigenvalue weighted by Gasteiger charge is -2.38. The van der Waals surface area contributed by atoms with Crippen LogP contribution in [0.15, 0.2) is 36.7 Å². The molecule has 1 atom stereocenters. The molecule has 1 aromatic heterocycles. The van der Waals surface area contributed by atoms with E-state index in [9.17, 15) is 9.18 Å². The first kappa shape index (κ1) is 17.4. The molecule has 0 bridgehead atoms. The van der Waals surface area contributed by atoms with Crippen LogP contribution in [0.4, 0.5) is 10.1 Å². The van der Waals surface area contributed by atoms with E-state index in [1.54, 1.807) is 23.0 Å².